The van der Waals surface area contributed by atoms with E-state index in [1.165, 1.54) is 0 Å². The summed E-state index contributed by atoms with van der Waals surface area (Å²) in [5.41, 5.74) is 6.40. The van der Waals surface area contributed by atoms with Gasteiger partial charge < -0.3 is 15.6 Å². The van der Waals surface area contributed by atoms with Crippen molar-refractivity contribution < 1.29 is 14.6 Å². The minimum Gasteiger partial charge on any atom is -0.443 e. The molecule has 0 bridgehead atoms. The van der Waals surface area contributed by atoms with Crippen LogP contribution in [0.5, 0.6) is 0 Å². The molecule has 22 heavy (non-hydrogen) atoms. The van der Waals surface area contributed by atoms with Gasteiger partial charge in [0.2, 0.25) is 0 Å². The highest BCUT2D eigenvalue weighted by molar-refractivity contribution is 5.88. The van der Waals surface area contributed by atoms with Crippen molar-refractivity contribution in [2.24, 2.45) is 5.73 Å². The Morgan fingerprint density at radius 2 is 2.14 bits per heavy atom. The number of hydrogen-bond donors (Lipinski definition) is 2. The summed E-state index contributed by atoms with van der Waals surface area (Å²) in [4.78, 5) is 18.3. The number of aromatic nitrogens is 1. The first-order valence-electron chi connectivity index (χ1n) is 7.56. The molecule has 124 valence electrons. The minimum atomic E-state index is -0.573. The molecule has 0 saturated carbocycles. The predicted octanol–water partition coefficient (Wildman–Crippen LogP) is 2.44. The highest BCUT2D eigenvalue weighted by Gasteiger charge is 2.27. The van der Waals surface area contributed by atoms with E-state index < -0.39 is 11.7 Å². The number of aliphatic hydroxyl groups is 1. The van der Waals surface area contributed by atoms with Crippen LogP contribution in [-0.4, -0.2) is 34.4 Å². The summed E-state index contributed by atoms with van der Waals surface area (Å²) in [5, 5.41) is 9.00. The van der Waals surface area contributed by atoms with Crippen LogP contribution in [-0.2, 0) is 11.3 Å². The van der Waals surface area contributed by atoms with Crippen LogP contribution in [0.2, 0.25) is 0 Å². The molecule has 0 aromatic carbocycles. The van der Waals surface area contributed by atoms with E-state index in [-0.39, 0.29) is 12.6 Å². The lowest BCUT2D eigenvalue weighted by Gasteiger charge is -2.31. The van der Waals surface area contributed by atoms with Gasteiger partial charge in [-0.2, -0.15) is 0 Å². The highest BCUT2D eigenvalue weighted by Crippen LogP contribution is 2.22. The standard InChI is InChI=1S/C16H27N3O3/c1-12(6-5-9-20)19(15(21)22-16(2,3)4)14-8-7-13(10-17)18-11-14/h7-8,11-12,20H,5-6,9-10,17H2,1-4H3. The molecule has 0 aliphatic rings. The molecule has 6 heteroatoms. The molecule has 0 fully saturated rings. The van der Waals surface area contributed by atoms with Gasteiger partial charge in [-0.3, -0.25) is 9.88 Å². The van der Waals surface area contributed by atoms with Gasteiger partial charge in [0.25, 0.3) is 0 Å². The highest BCUT2D eigenvalue weighted by atomic mass is 16.6. The van der Waals surface area contributed by atoms with Crippen LogP contribution < -0.4 is 10.6 Å². The number of hydrogen-bond acceptors (Lipinski definition) is 5. The lowest BCUT2D eigenvalue weighted by Crippen LogP contribution is -2.42. The molecule has 0 aliphatic carbocycles. The maximum absolute atomic E-state index is 12.5. The van der Waals surface area contributed by atoms with Crippen molar-refractivity contribution in [1.29, 1.82) is 0 Å². The molecule has 0 saturated heterocycles. The summed E-state index contributed by atoms with van der Waals surface area (Å²) in [6.07, 6.45) is 2.50. The van der Waals surface area contributed by atoms with E-state index in [9.17, 15) is 4.79 Å². The van der Waals surface area contributed by atoms with Gasteiger partial charge in [-0.1, -0.05) is 0 Å². The minimum absolute atomic E-state index is 0.0941. The van der Waals surface area contributed by atoms with Gasteiger partial charge in [0.1, 0.15) is 5.60 Å². The molecule has 1 amide bonds. The summed E-state index contributed by atoms with van der Waals surface area (Å²) < 4.78 is 5.48. The Labute approximate surface area is 132 Å². The molecule has 0 aliphatic heterocycles. The van der Waals surface area contributed by atoms with Gasteiger partial charge in [0.05, 0.1) is 17.6 Å². The second-order valence-electron chi connectivity index (χ2n) is 6.28. The first-order chi connectivity index (χ1) is 10.3. The summed E-state index contributed by atoms with van der Waals surface area (Å²) in [6.45, 7) is 7.87. The Balaban J connectivity index is 3.00. The first-order valence-corrected chi connectivity index (χ1v) is 7.56. The van der Waals surface area contributed by atoms with Gasteiger partial charge in [-0.15, -0.1) is 0 Å². The zero-order valence-corrected chi connectivity index (χ0v) is 13.9. The molecule has 1 atom stereocenters. The Morgan fingerprint density at radius 1 is 1.45 bits per heavy atom. The van der Waals surface area contributed by atoms with Crippen LogP contribution in [0.3, 0.4) is 0 Å². The van der Waals surface area contributed by atoms with E-state index in [0.717, 1.165) is 5.69 Å². The molecule has 0 radical (unpaired) electrons. The number of ether oxygens (including phenoxy) is 1. The fraction of sp³-hybridized carbons (Fsp3) is 0.625. The number of carbonyl (C=O) groups excluding carboxylic acids is 1. The molecule has 3 N–H and O–H groups in total. The molecular weight excluding hydrogens is 282 g/mol. The fourth-order valence-corrected chi connectivity index (χ4v) is 2.05. The number of anilines is 1. The maximum atomic E-state index is 12.5. The summed E-state index contributed by atoms with van der Waals surface area (Å²) in [5.74, 6) is 0. The Bertz CT molecular complexity index is 469. The predicted molar refractivity (Wildman–Crippen MR) is 86.6 cm³/mol. The van der Waals surface area contributed by atoms with Crippen LogP contribution >= 0.6 is 0 Å². The van der Waals surface area contributed by atoms with E-state index in [0.29, 0.717) is 25.1 Å². The SMILES string of the molecule is CC(CCCO)N(C(=O)OC(C)(C)C)c1ccc(CN)nc1. The Morgan fingerprint density at radius 3 is 2.59 bits per heavy atom. The van der Waals surface area contributed by atoms with Crippen LogP contribution in [0, 0.1) is 0 Å². The van der Waals surface area contributed by atoms with Crippen molar-refractivity contribution in [3.63, 3.8) is 0 Å². The van der Waals surface area contributed by atoms with Crippen molar-refractivity contribution in [3.05, 3.63) is 24.0 Å². The number of amides is 1. The van der Waals surface area contributed by atoms with Gasteiger partial charge in [-0.05, 0) is 52.7 Å². The third-order valence-corrected chi connectivity index (χ3v) is 3.11. The smallest absolute Gasteiger partial charge is 0.415 e. The van der Waals surface area contributed by atoms with Crippen molar-refractivity contribution in [2.45, 2.75) is 58.7 Å². The van der Waals surface area contributed by atoms with E-state index >= 15 is 0 Å². The number of carbonyl (C=O) groups is 1. The normalized spacial score (nSPS) is 12.8. The lowest BCUT2D eigenvalue weighted by molar-refractivity contribution is 0.0565. The number of nitrogens with two attached hydrogens (primary N) is 1. The first kappa shape index (κ1) is 18.4. The average Bonchev–Trinajstić information content (AvgIpc) is 2.44. The van der Waals surface area contributed by atoms with Gasteiger partial charge in [0, 0.05) is 19.2 Å². The number of rotatable bonds is 6. The average molecular weight is 309 g/mol. The summed E-state index contributed by atoms with van der Waals surface area (Å²) in [7, 11) is 0. The molecular formula is C16H27N3O3. The van der Waals surface area contributed by atoms with Crippen molar-refractivity contribution in [2.75, 3.05) is 11.5 Å². The summed E-state index contributed by atoms with van der Waals surface area (Å²) >= 11 is 0. The molecule has 1 aromatic rings. The number of nitrogens with zero attached hydrogens (tertiary/aromatic N) is 2. The van der Waals surface area contributed by atoms with Crippen LogP contribution in [0.25, 0.3) is 0 Å². The summed E-state index contributed by atoms with van der Waals surface area (Å²) in [6, 6.07) is 3.51. The van der Waals surface area contributed by atoms with Gasteiger partial charge in [-0.25, -0.2) is 4.79 Å². The molecule has 0 spiro atoms. The fourth-order valence-electron chi connectivity index (χ4n) is 2.05. The van der Waals surface area contributed by atoms with Crippen LogP contribution in [0.1, 0.15) is 46.2 Å². The van der Waals surface area contributed by atoms with Crippen LogP contribution in [0.4, 0.5) is 10.5 Å². The third kappa shape index (κ3) is 5.61. The topological polar surface area (TPSA) is 88.7 Å². The number of aliphatic hydroxyl groups excluding tert-OH is 1. The van der Waals surface area contributed by atoms with E-state index in [4.69, 9.17) is 15.6 Å². The van der Waals surface area contributed by atoms with E-state index in [1.54, 1.807) is 17.2 Å². The molecule has 1 rings (SSSR count). The molecule has 1 unspecified atom stereocenters. The second kappa shape index (κ2) is 8.10. The zero-order valence-electron chi connectivity index (χ0n) is 13.9. The van der Waals surface area contributed by atoms with E-state index in [1.807, 2.05) is 33.8 Å². The Kier molecular flexibility index (Phi) is 6.77. The van der Waals surface area contributed by atoms with Crippen molar-refractivity contribution >= 4 is 11.8 Å². The quantitative estimate of drug-likeness (QED) is 0.842. The van der Waals surface area contributed by atoms with Crippen molar-refractivity contribution in [1.82, 2.24) is 4.98 Å². The van der Waals surface area contributed by atoms with Gasteiger partial charge in [0.15, 0.2) is 0 Å². The zero-order chi connectivity index (χ0) is 16.8. The molecule has 1 aromatic heterocycles. The number of pyridine rings is 1. The van der Waals surface area contributed by atoms with E-state index in [2.05, 4.69) is 4.98 Å². The third-order valence-electron chi connectivity index (χ3n) is 3.11. The second-order valence-corrected chi connectivity index (χ2v) is 6.28. The van der Waals surface area contributed by atoms with Gasteiger partial charge >= 0.3 is 6.09 Å². The largest absolute Gasteiger partial charge is 0.443 e. The van der Waals surface area contributed by atoms with Crippen LogP contribution in [0.15, 0.2) is 18.3 Å². The maximum Gasteiger partial charge on any atom is 0.415 e. The molecule has 1 heterocycles. The lowest BCUT2D eigenvalue weighted by atomic mass is 10.1. The Hall–Kier alpha value is -1.66. The van der Waals surface area contributed by atoms with Crippen molar-refractivity contribution in [3.8, 4) is 0 Å². The monoisotopic (exact) mass is 309 g/mol. The molecule has 6 nitrogen and oxygen atoms in total.